The highest BCUT2D eigenvalue weighted by Gasteiger charge is 2.13. The third kappa shape index (κ3) is 4.43. The molecule has 0 fully saturated rings. The fourth-order valence-corrected chi connectivity index (χ4v) is 4.68. The van der Waals surface area contributed by atoms with Gasteiger partial charge in [-0.2, -0.15) is 0 Å². The highest BCUT2D eigenvalue weighted by atomic mass is 79.9. The van der Waals surface area contributed by atoms with Gasteiger partial charge in [0.15, 0.2) is 16.3 Å². The van der Waals surface area contributed by atoms with E-state index in [1.807, 2.05) is 43.3 Å². The Hall–Kier alpha value is -2.45. The highest BCUT2D eigenvalue weighted by molar-refractivity contribution is 9.10. The van der Waals surface area contributed by atoms with E-state index in [0.717, 1.165) is 40.0 Å². The minimum absolute atomic E-state index is 0.00871. The van der Waals surface area contributed by atoms with Crippen molar-refractivity contribution < 1.29 is 9.47 Å². The molecule has 0 saturated carbocycles. The molecule has 1 aromatic carbocycles. The van der Waals surface area contributed by atoms with Crippen LogP contribution in [-0.2, 0) is 13.2 Å². The number of benzene rings is 1. The number of thiazole rings is 1. The topological polar surface area (TPSA) is 65.7 Å². The van der Waals surface area contributed by atoms with Gasteiger partial charge in [-0.1, -0.05) is 17.4 Å². The normalized spacial score (nSPS) is 13.7. The monoisotopic (exact) mass is 473 g/mol. The molecule has 0 N–H and O–H groups in total. The number of halogens is 1. The van der Waals surface area contributed by atoms with Crippen molar-refractivity contribution in [1.29, 1.82) is 0 Å². The Balaban J connectivity index is 1.72. The summed E-state index contributed by atoms with van der Waals surface area (Å²) in [7, 11) is 0. The lowest BCUT2D eigenvalue weighted by Crippen LogP contribution is -2.33. The maximum absolute atomic E-state index is 12.7. The molecule has 150 valence electrons. The number of nitrogens with zero attached hydrogens (tertiary/aromatic N) is 3. The molecule has 29 heavy (non-hydrogen) atoms. The molecule has 0 aliphatic carbocycles. The molecular formula is C21H20BrN3O3S. The lowest BCUT2D eigenvalue weighted by Gasteiger charge is -2.14. The second-order valence-corrected chi connectivity index (χ2v) is 8.32. The van der Waals surface area contributed by atoms with Crippen LogP contribution in [-0.4, -0.2) is 22.7 Å². The number of ether oxygens (including phenoxy) is 2. The Labute approximate surface area is 180 Å². The first-order valence-corrected chi connectivity index (χ1v) is 11.0. The molecule has 3 aromatic rings. The van der Waals surface area contributed by atoms with Crippen molar-refractivity contribution in [2.45, 2.75) is 26.5 Å². The standard InChI is InChI=1S/C21H20BrN3O3S/c1-2-27-19-16(22)10-14(11-17(19)28-13-15-6-3-4-7-23-15)12-18-20(26)25-9-5-8-24-21(25)29-18/h3-4,6-7,10-12H,2,5,8-9,13H2,1H3/b18-12-. The van der Waals surface area contributed by atoms with Crippen LogP contribution < -0.4 is 24.4 Å². The van der Waals surface area contributed by atoms with Gasteiger partial charge in [-0.25, -0.2) is 0 Å². The second-order valence-electron chi connectivity index (χ2n) is 6.46. The van der Waals surface area contributed by atoms with Crippen LogP contribution in [0.5, 0.6) is 11.5 Å². The molecule has 4 rings (SSSR count). The molecule has 1 aliphatic rings. The first-order chi connectivity index (χ1) is 14.2. The summed E-state index contributed by atoms with van der Waals surface area (Å²) in [6.45, 7) is 4.27. The first kappa shape index (κ1) is 19.8. The fraction of sp³-hybridized carbons (Fsp3) is 0.286. The predicted molar refractivity (Wildman–Crippen MR) is 116 cm³/mol. The number of rotatable bonds is 6. The molecule has 6 nitrogen and oxygen atoms in total. The summed E-state index contributed by atoms with van der Waals surface area (Å²) in [6.07, 6.45) is 4.52. The van der Waals surface area contributed by atoms with Gasteiger partial charge in [0.05, 0.1) is 21.3 Å². The Morgan fingerprint density at radius 1 is 1.31 bits per heavy atom. The van der Waals surface area contributed by atoms with E-state index in [1.54, 1.807) is 10.8 Å². The highest BCUT2D eigenvalue weighted by Crippen LogP contribution is 2.37. The minimum Gasteiger partial charge on any atom is -0.489 e. The summed E-state index contributed by atoms with van der Waals surface area (Å²) in [4.78, 5) is 22.2. The number of pyridine rings is 1. The smallest absolute Gasteiger partial charge is 0.270 e. The molecule has 1 aliphatic heterocycles. The average Bonchev–Trinajstić information content (AvgIpc) is 3.05. The lowest BCUT2D eigenvalue weighted by molar-refractivity contribution is 0.265. The van der Waals surface area contributed by atoms with Crippen LogP contribution in [0, 0.1) is 0 Å². The number of fused-ring (bicyclic) bond motifs is 1. The van der Waals surface area contributed by atoms with Crippen LogP contribution in [0.1, 0.15) is 24.6 Å². The molecule has 0 amide bonds. The molecule has 0 unspecified atom stereocenters. The second kappa shape index (κ2) is 8.92. The van der Waals surface area contributed by atoms with E-state index in [4.69, 9.17) is 9.47 Å². The SMILES string of the molecule is CCOc1c(Br)cc(/C=c2\sc3n(c2=O)CCCN=3)cc1OCc1ccccn1. The van der Waals surface area contributed by atoms with Gasteiger partial charge >= 0.3 is 0 Å². The van der Waals surface area contributed by atoms with Crippen LogP contribution in [0.2, 0.25) is 0 Å². The maximum atomic E-state index is 12.7. The van der Waals surface area contributed by atoms with Crippen LogP contribution in [0.3, 0.4) is 0 Å². The van der Waals surface area contributed by atoms with Gasteiger partial charge in [0.25, 0.3) is 5.56 Å². The van der Waals surface area contributed by atoms with Gasteiger partial charge in [-0.05, 0) is 65.2 Å². The number of hydrogen-bond acceptors (Lipinski definition) is 6. The summed E-state index contributed by atoms with van der Waals surface area (Å²) >= 11 is 5.00. The predicted octanol–water partition coefficient (Wildman–Crippen LogP) is 2.90. The van der Waals surface area contributed by atoms with Gasteiger partial charge in [-0.3, -0.25) is 19.3 Å². The average molecular weight is 474 g/mol. The first-order valence-electron chi connectivity index (χ1n) is 9.40. The van der Waals surface area contributed by atoms with Gasteiger partial charge < -0.3 is 9.47 Å². The number of hydrogen-bond donors (Lipinski definition) is 0. The van der Waals surface area contributed by atoms with Gasteiger partial charge in [0.2, 0.25) is 0 Å². The zero-order valence-electron chi connectivity index (χ0n) is 15.9. The van der Waals surface area contributed by atoms with E-state index >= 15 is 0 Å². The summed E-state index contributed by atoms with van der Waals surface area (Å²) < 4.78 is 15.0. The van der Waals surface area contributed by atoms with Crippen molar-refractivity contribution in [3.05, 3.63) is 71.9 Å². The molecule has 3 heterocycles. The molecule has 0 bridgehead atoms. The fourth-order valence-electron chi connectivity index (χ4n) is 3.08. The van der Waals surface area contributed by atoms with Crippen molar-refractivity contribution in [3.8, 4) is 11.5 Å². The van der Waals surface area contributed by atoms with E-state index in [2.05, 4.69) is 25.9 Å². The van der Waals surface area contributed by atoms with Gasteiger partial charge in [0, 0.05) is 19.3 Å². The van der Waals surface area contributed by atoms with Gasteiger partial charge in [-0.15, -0.1) is 0 Å². The molecule has 0 atom stereocenters. The van der Waals surface area contributed by atoms with Crippen LogP contribution in [0.4, 0.5) is 0 Å². The van der Waals surface area contributed by atoms with E-state index in [0.29, 0.717) is 29.2 Å². The Morgan fingerprint density at radius 3 is 2.97 bits per heavy atom. The Kier molecular flexibility index (Phi) is 6.10. The van der Waals surface area contributed by atoms with Crippen LogP contribution in [0.15, 0.2) is 50.8 Å². The van der Waals surface area contributed by atoms with E-state index in [9.17, 15) is 4.79 Å². The quantitative estimate of drug-likeness (QED) is 0.551. The van der Waals surface area contributed by atoms with Crippen LogP contribution >= 0.6 is 27.3 Å². The molecule has 0 saturated heterocycles. The third-order valence-electron chi connectivity index (χ3n) is 4.39. The number of aromatic nitrogens is 2. The zero-order valence-corrected chi connectivity index (χ0v) is 18.3. The van der Waals surface area contributed by atoms with Crippen LogP contribution in [0.25, 0.3) is 6.08 Å². The Morgan fingerprint density at radius 2 is 2.21 bits per heavy atom. The van der Waals surface area contributed by atoms with Crippen molar-refractivity contribution in [3.63, 3.8) is 0 Å². The van der Waals surface area contributed by atoms with Crippen molar-refractivity contribution in [2.24, 2.45) is 4.99 Å². The molecule has 2 aromatic heterocycles. The Bertz CT molecular complexity index is 1190. The van der Waals surface area contributed by atoms with E-state index < -0.39 is 0 Å². The lowest BCUT2D eigenvalue weighted by atomic mass is 10.2. The molecular weight excluding hydrogens is 454 g/mol. The summed E-state index contributed by atoms with van der Waals surface area (Å²) in [5.74, 6) is 1.24. The summed E-state index contributed by atoms with van der Waals surface area (Å²) in [5, 5.41) is 0. The molecule has 0 spiro atoms. The largest absolute Gasteiger partial charge is 0.489 e. The van der Waals surface area contributed by atoms with Crippen molar-refractivity contribution in [2.75, 3.05) is 13.2 Å². The summed E-state index contributed by atoms with van der Waals surface area (Å²) in [5.41, 5.74) is 1.69. The van der Waals surface area contributed by atoms with E-state index in [1.165, 1.54) is 11.3 Å². The molecule has 8 heteroatoms. The van der Waals surface area contributed by atoms with Gasteiger partial charge in [0.1, 0.15) is 6.61 Å². The summed E-state index contributed by atoms with van der Waals surface area (Å²) in [6, 6.07) is 9.52. The third-order valence-corrected chi connectivity index (χ3v) is 6.03. The van der Waals surface area contributed by atoms with E-state index in [-0.39, 0.29) is 5.56 Å². The minimum atomic E-state index is 0.00871. The van der Waals surface area contributed by atoms with Crippen molar-refractivity contribution >= 4 is 33.3 Å². The molecule has 0 radical (unpaired) electrons. The zero-order chi connectivity index (χ0) is 20.2. The van der Waals surface area contributed by atoms with Crippen molar-refractivity contribution in [1.82, 2.24) is 9.55 Å². The maximum Gasteiger partial charge on any atom is 0.270 e.